The van der Waals surface area contributed by atoms with Gasteiger partial charge in [-0.3, -0.25) is 9.59 Å². The first kappa shape index (κ1) is 46.6. The van der Waals surface area contributed by atoms with E-state index in [0.717, 1.165) is 44.9 Å². The lowest BCUT2D eigenvalue weighted by molar-refractivity contribution is -0.161. The van der Waals surface area contributed by atoms with E-state index in [1.807, 2.05) is 0 Å². The van der Waals surface area contributed by atoms with Crippen molar-refractivity contribution in [2.45, 2.75) is 238 Å². The van der Waals surface area contributed by atoms with Crippen molar-refractivity contribution in [3.63, 3.8) is 0 Å². The smallest absolute Gasteiger partial charge is 0.306 e. The summed E-state index contributed by atoms with van der Waals surface area (Å²) in [4.78, 5) is 24.3. The molecule has 0 aliphatic rings. The van der Waals surface area contributed by atoms with E-state index in [0.29, 0.717) is 12.8 Å². The number of hydrogen-bond donors (Lipinski definition) is 1. The lowest BCUT2D eigenvalue weighted by Gasteiger charge is -2.15. The van der Waals surface area contributed by atoms with Gasteiger partial charge in [0.05, 0.1) is 6.61 Å². The predicted octanol–water partition coefficient (Wildman–Crippen LogP) is 13.3. The molecule has 0 aromatic heterocycles. The Morgan fingerprint density at radius 1 is 0.458 bits per heavy atom. The van der Waals surface area contributed by atoms with E-state index in [1.54, 1.807) is 0 Å². The van der Waals surface area contributed by atoms with Crippen molar-refractivity contribution < 1.29 is 24.2 Å². The molecule has 0 saturated carbocycles. The van der Waals surface area contributed by atoms with Gasteiger partial charge in [0.1, 0.15) is 6.61 Å². The molecule has 1 unspecified atom stereocenters. The van der Waals surface area contributed by atoms with Crippen molar-refractivity contribution in [3.05, 3.63) is 12.2 Å². The van der Waals surface area contributed by atoms with Crippen molar-refractivity contribution >= 4 is 11.9 Å². The zero-order chi connectivity index (χ0) is 35.0. The molecule has 5 nitrogen and oxygen atoms in total. The summed E-state index contributed by atoms with van der Waals surface area (Å²) >= 11 is 0. The van der Waals surface area contributed by atoms with Gasteiger partial charge in [-0.15, -0.1) is 0 Å². The van der Waals surface area contributed by atoms with E-state index in [2.05, 4.69) is 26.0 Å². The number of unbranched alkanes of at least 4 members (excludes halogenated alkanes) is 29. The molecule has 0 heterocycles. The summed E-state index contributed by atoms with van der Waals surface area (Å²) < 4.78 is 10.6. The van der Waals surface area contributed by atoms with E-state index < -0.39 is 6.10 Å². The van der Waals surface area contributed by atoms with Crippen LogP contribution in [0.2, 0.25) is 0 Å². The summed E-state index contributed by atoms with van der Waals surface area (Å²) in [7, 11) is 0. The molecule has 0 aliphatic carbocycles. The highest BCUT2D eigenvalue weighted by Crippen LogP contribution is 2.15. The molecule has 0 fully saturated rings. The Hall–Kier alpha value is -1.36. The van der Waals surface area contributed by atoms with Crippen molar-refractivity contribution in [3.8, 4) is 0 Å². The number of rotatable bonds is 39. The van der Waals surface area contributed by atoms with Crippen molar-refractivity contribution in [1.82, 2.24) is 0 Å². The van der Waals surface area contributed by atoms with Crippen LogP contribution in [0.1, 0.15) is 232 Å². The van der Waals surface area contributed by atoms with Gasteiger partial charge in [0.15, 0.2) is 6.10 Å². The molecule has 0 bridgehead atoms. The molecule has 1 atom stereocenters. The van der Waals surface area contributed by atoms with Crippen LogP contribution in [-0.4, -0.2) is 36.4 Å². The third-order valence-electron chi connectivity index (χ3n) is 9.56. The lowest BCUT2D eigenvalue weighted by atomic mass is 10.0. The molecular weight excluding hydrogens is 596 g/mol. The van der Waals surface area contributed by atoms with Gasteiger partial charge >= 0.3 is 11.9 Å². The molecule has 0 amide bonds. The van der Waals surface area contributed by atoms with Crippen LogP contribution in [0.4, 0.5) is 0 Å². The summed E-state index contributed by atoms with van der Waals surface area (Å²) in [5.41, 5.74) is 0. The summed E-state index contributed by atoms with van der Waals surface area (Å²) in [5, 5.41) is 9.57. The third-order valence-corrected chi connectivity index (χ3v) is 9.56. The Kier molecular flexibility index (Phi) is 38.9. The Morgan fingerprint density at radius 2 is 0.771 bits per heavy atom. The predicted molar refractivity (Wildman–Crippen MR) is 205 cm³/mol. The SMILES string of the molecule is CCCCCCCCC=CCCCCCCCC(=O)OCC(CO)OC(=O)CCCCCCCCCCCCCCCCCCCCC. The van der Waals surface area contributed by atoms with Crippen molar-refractivity contribution in [2.75, 3.05) is 13.2 Å². The largest absolute Gasteiger partial charge is 0.462 e. The molecule has 0 rings (SSSR count). The minimum Gasteiger partial charge on any atom is -0.462 e. The Bertz CT molecular complexity index is 691. The van der Waals surface area contributed by atoms with Gasteiger partial charge < -0.3 is 14.6 Å². The van der Waals surface area contributed by atoms with E-state index in [4.69, 9.17) is 9.47 Å². The van der Waals surface area contributed by atoms with Gasteiger partial charge in [-0.25, -0.2) is 0 Å². The molecule has 48 heavy (non-hydrogen) atoms. The quantitative estimate of drug-likeness (QED) is 0.0398. The van der Waals surface area contributed by atoms with Crippen LogP contribution >= 0.6 is 0 Å². The maximum atomic E-state index is 12.2. The second kappa shape index (κ2) is 40.1. The average molecular weight is 679 g/mol. The number of carbonyl (C=O) groups excluding carboxylic acids is 2. The highest BCUT2D eigenvalue weighted by Gasteiger charge is 2.16. The summed E-state index contributed by atoms with van der Waals surface area (Å²) in [6.07, 6.45) is 45.6. The number of ether oxygens (including phenoxy) is 2. The Morgan fingerprint density at radius 3 is 1.12 bits per heavy atom. The fraction of sp³-hybridized carbons (Fsp3) is 0.907. The maximum Gasteiger partial charge on any atom is 0.306 e. The van der Waals surface area contributed by atoms with Crippen LogP contribution in [0, 0.1) is 0 Å². The standard InChI is InChI=1S/C43H82O5/c1-3-5-7-9-11-13-15-17-19-20-21-22-24-26-28-30-32-34-36-38-43(46)48-41(39-44)40-47-42(45)37-35-33-31-29-27-25-23-18-16-14-12-10-8-6-4-2/h18,23,41,44H,3-17,19-22,24-40H2,1-2H3. The van der Waals surface area contributed by atoms with E-state index >= 15 is 0 Å². The van der Waals surface area contributed by atoms with E-state index in [-0.39, 0.29) is 25.2 Å². The van der Waals surface area contributed by atoms with Crippen LogP contribution in [0.5, 0.6) is 0 Å². The second-order valence-electron chi connectivity index (χ2n) is 14.4. The topological polar surface area (TPSA) is 72.8 Å². The summed E-state index contributed by atoms with van der Waals surface area (Å²) in [6, 6.07) is 0. The average Bonchev–Trinajstić information content (AvgIpc) is 3.09. The fourth-order valence-electron chi connectivity index (χ4n) is 6.31. The molecule has 284 valence electrons. The van der Waals surface area contributed by atoms with Crippen molar-refractivity contribution in [1.29, 1.82) is 0 Å². The van der Waals surface area contributed by atoms with Gasteiger partial charge in [0, 0.05) is 12.8 Å². The molecule has 0 aromatic rings. The zero-order valence-electron chi connectivity index (χ0n) is 32.3. The molecule has 0 aromatic carbocycles. The molecule has 0 aliphatic heterocycles. The normalized spacial score (nSPS) is 12.1. The minimum absolute atomic E-state index is 0.0641. The zero-order valence-corrected chi connectivity index (χ0v) is 32.3. The number of hydrogen-bond acceptors (Lipinski definition) is 5. The second-order valence-corrected chi connectivity index (χ2v) is 14.4. The van der Waals surface area contributed by atoms with Crippen molar-refractivity contribution in [2.24, 2.45) is 0 Å². The first-order valence-electron chi connectivity index (χ1n) is 21.2. The first-order chi connectivity index (χ1) is 23.6. The number of esters is 2. The monoisotopic (exact) mass is 679 g/mol. The van der Waals surface area contributed by atoms with Crippen LogP contribution in [-0.2, 0) is 19.1 Å². The van der Waals surface area contributed by atoms with Crippen LogP contribution in [0.15, 0.2) is 12.2 Å². The highest BCUT2D eigenvalue weighted by molar-refractivity contribution is 5.70. The molecule has 5 heteroatoms. The van der Waals surface area contributed by atoms with Gasteiger partial charge in [0.2, 0.25) is 0 Å². The van der Waals surface area contributed by atoms with E-state index in [9.17, 15) is 14.7 Å². The van der Waals surface area contributed by atoms with E-state index in [1.165, 1.54) is 161 Å². The lowest BCUT2D eigenvalue weighted by Crippen LogP contribution is -2.28. The molecular formula is C43H82O5. The highest BCUT2D eigenvalue weighted by atomic mass is 16.6. The number of aliphatic hydroxyl groups excluding tert-OH is 1. The fourth-order valence-corrected chi connectivity index (χ4v) is 6.31. The Labute approximate surface area is 299 Å². The van der Waals surface area contributed by atoms with Crippen LogP contribution in [0.25, 0.3) is 0 Å². The molecule has 1 N–H and O–H groups in total. The van der Waals surface area contributed by atoms with Gasteiger partial charge in [-0.1, -0.05) is 193 Å². The summed E-state index contributed by atoms with van der Waals surface area (Å²) in [5.74, 6) is -0.588. The van der Waals surface area contributed by atoms with Crippen LogP contribution in [0.3, 0.4) is 0 Å². The Balaban J connectivity index is 3.50. The summed E-state index contributed by atoms with van der Waals surface area (Å²) in [6.45, 7) is 4.15. The molecule has 0 radical (unpaired) electrons. The van der Waals surface area contributed by atoms with Gasteiger partial charge in [-0.05, 0) is 38.5 Å². The number of aliphatic hydroxyl groups is 1. The number of carbonyl (C=O) groups is 2. The molecule has 0 spiro atoms. The van der Waals surface area contributed by atoms with Crippen LogP contribution < -0.4 is 0 Å². The maximum absolute atomic E-state index is 12.2. The first-order valence-corrected chi connectivity index (χ1v) is 21.2. The van der Waals surface area contributed by atoms with Gasteiger partial charge in [-0.2, -0.15) is 0 Å². The molecule has 0 saturated heterocycles. The van der Waals surface area contributed by atoms with Gasteiger partial charge in [0.25, 0.3) is 0 Å². The number of allylic oxidation sites excluding steroid dienone is 2. The third kappa shape index (κ3) is 37.5. The minimum atomic E-state index is -0.768.